The van der Waals surface area contributed by atoms with Gasteiger partial charge in [0, 0.05) is 31.9 Å². The lowest BCUT2D eigenvalue weighted by atomic mass is 10.2. The molecule has 0 radical (unpaired) electrons. The quantitative estimate of drug-likeness (QED) is 0.497. The van der Waals surface area contributed by atoms with Crippen LogP contribution in [0, 0.1) is 6.92 Å². The predicted octanol–water partition coefficient (Wildman–Crippen LogP) is 0.457. The maximum atomic E-state index is 12.5. The van der Waals surface area contributed by atoms with Crippen LogP contribution in [0.15, 0.2) is 41.5 Å². The zero-order chi connectivity index (χ0) is 21.4. The SMILES string of the molecule is Cc1ccc2nnc(CN3CCN(c4ccc5c(=O)n(CCO)cnc5c4)CC3)n2n1. The van der Waals surface area contributed by atoms with E-state index < -0.39 is 0 Å². The first-order chi connectivity index (χ1) is 15.1. The molecule has 160 valence electrons. The molecule has 4 heterocycles. The molecule has 0 spiro atoms. The third-order valence-corrected chi connectivity index (χ3v) is 5.71. The van der Waals surface area contributed by atoms with E-state index in [9.17, 15) is 4.79 Å². The summed E-state index contributed by atoms with van der Waals surface area (Å²) < 4.78 is 3.26. The summed E-state index contributed by atoms with van der Waals surface area (Å²) in [6.45, 7) is 6.36. The summed E-state index contributed by atoms with van der Waals surface area (Å²) in [6.07, 6.45) is 1.50. The maximum Gasteiger partial charge on any atom is 0.261 e. The molecule has 0 saturated carbocycles. The van der Waals surface area contributed by atoms with Gasteiger partial charge in [-0.1, -0.05) is 0 Å². The van der Waals surface area contributed by atoms with Crippen LogP contribution in [0.3, 0.4) is 0 Å². The average molecular weight is 420 g/mol. The third-order valence-electron chi connectivity index (χ3n) is 5.71. The van der Waals surface area contributed by atoms with Crippen molar-refractivity contribution in [2.75, 3.05) is 37.7 Å². The molecular weight excluding hydrogens is 396 g/mol. The van der Waals surface area contributed by atoms with Gasteiger partial charge in [0.25, 0.3) is 5.56 Å². The molecule has 1 aliphatic rings. The molecule has 4 aromatic rings. The van der Waals surface area contributed by atoms with Gasteiger partial charge < -0.3 is 10.0 Å². The van der Waals surface area contributed by atoms with Crippen LogP contribution in [0.2, 0.25) is 0 Å². The number of rotatable bonds is 5. The summed E-state index contributed by atoms with van der Waals surface area (Å²) in [4.78, 5) is 21.6. The normalized spacial score (nSPS) is 15.2. The molecule has 1 N–H and O–H groups in total. The Morgan fingerprint density at radius 3 is 2.71 bits per heavy atom. The van der Waals surface area contributed by atoms with Crippen molar-refractivity contribution in [2.24, 2.45) is 0 Å². The van der Waals surface area contributed by atoms with E-state index in [0.29, 0.717) is 17.4 Å². The Morgan fingerprint density at radius 2 is 1.90 bits per heavy atom. The van der Waals surface area contributed by atoms with Gasteiger partial charge in [-0.15, -0.1) is 10.2 Å². The highest BCUT2D eigenvalue weighted by atomic mass is 16.3. The van der Waals surface area contributed by atoms with Gasteiger partial charge in [0.05, 0.1) is 42.6 Å². The molecule has 3 aromatic heterocycles. The van der Waals surface area contributed by atoms with E-state index in [1.807, 2.05) is 41.8 Å². The van der Waals surface area contributed by atoms with Crippen molar-refractivity contribution in [3.8, 4) is 0 Å². The maximum absolute atomic E-state index is 12.5. The molecule has 0 amide bonds. The molecule has 31 heavy (non-hydrogen) atoms. The topological polar surface area (TPSA) is 105 Å². The molecule has 10 heteroatoms. The minimum absolute atomic E-state index is 0.0876. The van der Waals surface area contributed by atoms with Gasteiger partial charge in [-0.05, 0) is 37.3 Å². The summed E-state index contributed by atoms with van der Waals surface area (Å²) in [5.74, 6) is 0.848. The van der Waals surface area contributed by atoms with Crippen LogP contribution in [0.4, 0.5) is 5.69 Å². The van der Waals surface area contributed by atoms with Crippen molar-refractivity contribution in [1.29, 1.82) is 0 Å². The summed E-state index contributed by atoms with van der Waals surface area (Å²) in [6, 6.07) is 9.64. The van der Waals surface area contributed by atoms with E-state index in [2.05, 4.69) is 30.1 Å². The van der Waals surface area contributed by atoms with Gasteiger partial charge in [0.1, 0.15) is 0 Å². The van der Waals surface area contributed by atoms with Crippen molar-refractivity contribution in [2.45, 2.75) is 20.0 Å². The number of aliphatic hydroxyl groups excluding tert-OH is 1. The van der Waals surface area contributed by atoms with E-state index in [1.165, 1.54) is 10.9 Å². The van der Waals surface area contributed by atoms with Crippen LogP contribution in [-0.2, 0) is 13.1 Å². The molecule has 1 saturated heterocycles. The minimum atomic E-state index is -0.125. The van der Waals surface area contributed by atoms with Crippen LogP contribution in [0.1, 0.15) is 11.5 Å². The molecule has 1 aliphatic heterocycles. The highest BCUT2D eigenvalue weighted by Gasteiger charge is 2.20. The number of anilines is 1. The van der Waals surface area contributed by atoms with Crippen molar-refractivity contribution in [3.05, 3.63) is 58.5 Å². The summed E-state index contributed by atoms with van der Waals surface area (Å²) in [5, 5.41) is 22.7. The van der Waals surface area contributed by atoms with Crippen molar-refractivity contribution >= 4 is 22.2 Å². The number of benzene rings is 1. The fraction of sp³-hybridized carbons (Fsp3) is 0.381. The number of nitrogens with zero attached hydrogens (tertiary/aromatic N) is 8. The van der Waals surface area contributed by atoms with Crippen molar-refractivity contribution in [3.63, 3.8) is 0 Å². The first-order valence-corrected chi connectivity index (χ1v) is 10.4. The Bertz CT molecular complexity index is 1290. The number of fused-ring (bicyclic) bond motifs is 2. The van der Waals surface area contributed by atoms with Crippen molar-refractivity contribution in [1.82, 2.24) is 34.3 Å². The van der Waals surface area contributed by atoms with Crippen LogP contribution < -0.4 is 10.5 Å². The van der Waals surface area contributed by atoms with Gasteiger partial charge in [0.2, 0.25) is 0 Å². The lowest BCUT2D eigenvalue weighted by Gasteiger charge is -2.35. The molecule has 10 nitrogen and oxygen atoms in total. The molecule has 0 aliphatic carbocycles. The second kappa shape index (κ2) is 8.05. The van der Waals surface area contributed by atoms with E-state index >= 15 is 0 Å². The summed E-state index contributed by atoms with van der Waals surface area (Å²) in [7, 11) is 0. The lowest BCUT2D eigenvalue weighted by Crippen LogP contribution is -2.46. The Balaban J connectivity index is 1.28. The zero-order valence-corrected chi connectivity index (χ0v) is 17.3. The number of aryl methyl sites for hydroxylation is 1. The molecule has 0 bridgehead atoms. The number of hydrogen-bond donors (Lipinski definition) is 1. The lowest BCUT2D eigenvalue weighted by molar-refractivity contribution is 0.242. The van der Waals surface area contributed by atoms with E-state index in [4.69, 9.17) is 5.11 Å². The van der Waals surface area contributed by atoms with E-state index in [1.54, 1.807) is 0 Å². The summed E-state index contributed by atoms with van der Waals surface area (Å²) in [5.41, 5.74) is 3.31. The van der Waals surface area contributed by atoms with Gasteiger partial charge in [0.15, 0.2) is 11.5 Å². The number of piperazine rings is 1. The van der Waals surface area contributed by atoms with Crippen LogP contribution in [0.5, 0.6) is 0 Å². The second-order valence-corrected chi connectivity index (χ2v) is 7.79. The van der Waals surface area contributed by atoms with Gasteiger partial charge in [-0.25, -0.2) is 4.98 Å². The zero-order valence-electron chi connectivity index (χ0n) is 17.3. The molecule has 0 unspecified atom stereocenters. The second-order valence-electron chi connectivity index (χ2n) is 7.79. The molecule has 5 rings (SSSR count). The Hall–Kier alpha value is -3.37. The predicted molar refractivity (Wildman–Crippen MR) is 116 cm³/mol. The van der Waals surface area contributed by atoms with E-state index in [-0.39, 0.29) is 18.7 Å². The number of aliphatic hydroxyl groups is 1. The smallest absolute Gasteiger partial charge is 0.261 e. The van der Waals surface area contributed by atoms with Gasteiger partial charge >= 0.3 is 0 Å². The highest BCUT2D eigenvalue weighted by molar-refractivity contribution is 5.81. The molecule has 1 fully saturated rings. The molecule has 1 aromatic carbocycles. The Labute approximate surface area is 178 Å². The average Bonchev–Trinajstić information content (AvgIpc) is 3.18. The first kappa shape index (κ1) is 19.6. The minimum Gasteiger partial charge on any atom is -0.395 e. The first-order valence-electron chi connectivity index (χ1n) is 10.4. The fourth-order valence-corrected chi connectivity index (χ4v) is 4.00. The standard InChI is InChI=1S/C21H24N8O2/c1-15-2-5-19-23-24-20(29(19)25-15)13-26-6-8-27(9-7-26)16-3-4-17-18(12-16)22-14-28(10-11-30)21(17)31/h2-5,12,14,30H,6-11,13H2,1H3. The van der Waals surface area contributed by atoms with Gasteiger partial charge in [-0.3, -0.25) is 14.3 Å². The highest BCUT2D eigenvalue weighted by Crippen LogP contribution is 2.21. The summed E-state index contributed by atoms with van der Waals surface area (Å²) >= 11 is 0. The fourth-order valence-electron chi connectivity index (χ4n) is 4.00. The Kier molecular flexibility index (Phi) is 5.08. The van der Waals surface area contributed by atoms with Crippen LogP contribution in [-0.4, -0.2) is 72.2 Å². The van der Waals surface area contributed by atoms with Gasteiger partial charge in [-0.2, -0.15) is 9.61 Å². The van der Waals surface area contributed by atoms with Crippen molar-refractivity contribution < 1.29 is 5.11 Å². The number of hydrogen-bond acceptors (Lipinski definition) is 8. The van der Waals surface area contributed by atoms with Crippen LogP contribution in [0.25, 0.3) is 16.6 Å². The molecule has 0 atom stereocenters. The third kappa shape index (κ3) is 3.75. The largest absolute Gasteiger partial charge is 0.395 e. The molecular formula is C21H24N8O2. The van der Waals surface area contributed by atoms with Crippen LogP contribution >= 0.6 is 0 Å². The Morgan fingerprint density at radius 1 is 1.06 bits per heavy atom. The number of aromatic nitrogens is 6. The van der Waals surface area contributed by atoms with E-state index in [0.717, 1.165) is 49.0 Å². The monoisotopic (exact) mass is 420 g/mol.